The van der Waals surface area contributed by atoms with Crippen LogP contribution in [0.4, 0.5) is 5.13 Å². The average Bonchev–Trinajstić information content (AvgIpc) is 3.27. The maximum atomic E-state index is 12.5. The summed E-state index contributed by atoms with van der Waals surface area (Å²) in [6, 6.07) is 10.0. The van der Waals surface area contributed by atoms with Crippen LogP contribution in [0, 0.1) is 5.92 Å². The maximum Gasteiger partial charge on any atom is 0.231 e. The normalized spacial score (nSPS) is 17.9. The second kappa shape index (κ2) is 9.29. The highest BCUT2D eigenvalue weighted by molar-refractivity contribution is 7.98. The van der Waals surface area contributed by atoms with E-state index in [2.05, 4.69) is 15.5 Å². The number of nitrogens with zero attached hydrogens (tertiary/aromatic N) is 3. The molecule has 2 heterocycles. The van der Waals surface area contributed by atoms with Crippen LogP contribution in [-0.2, 0) is 20.1 Å². The molecule has 1 fully saturated rings. The SMILES string of the molecule is COC[C@H](C)N1C[C@H](C(=O)Nc2nnc(CSc3ccccc3)s2)CC1=O. The number of benzene rings is 1. The lowest BCUT2D eigenvalue weighted by molar-refractivity contribution is -0.130. The van der Waals surface area contributed by atoms with Gasteiger partial charge in [0.05, 0.1) is 24.3 Å². The largest absolute Gasteiger partial charge is 0.383 e. The molecule has 0 spiro atoms. The first kappa shape index (κ1) is 19.8. The fourth-order valence-corrected chi connectivity index (χ4v) is 4.54. The molecule has 0 aliphatic carbocycles. The van der Waals surface area contributed by atoms with E-state index in [1.54, 1.807) is 23.8 Å². The molecule has 1 saturated heterocycles. The van der Waals surface area contributed by atoms with Gasteiger partial charge in [-0.3, -0.25) is 9.59 Å². The van der Waals surface area contributed by atoms with Crippen LogP contribution in [-0.4, -0.2) is 53.2 Å². The van der Waals surface area contributed by atoms with Crippen LogP contribution in [0.3, 0.4) is 0 Å². The number of likely N-dealkylation sites (tertiary alicyclic amines) is 1. The number of rotatable bonds is 8. The Labute approximate surface area is 166 Å². The molecule has 1 aromatic heterocycles. The Balaban J connectivity index is 1.51. The van der Waals surface area contributed by atoms with Crippen molar-refractivity contribution in [1.29, 1.82) is 0 Å². The van der Waals surface area contributed by atoms with Gasteiger partial charge in [-0.05, 0) is 19.1 Å². The molecule has 1 aliphatic rings. The van der Waals surface area contributed by atoms with Gasteiger partial charge in [-0.25, -0.2) is 0 Å². The number of thioether (sulfide) groups is 1. The van der Waals surface area contributed by atoms with Gasteiger partial charge in [-0.15, -0.1) is 22.0 Å². The summed E-state index contributed by atoms with van der Waals surface area (Å²) in [5, 5.41) is 12.3. The molecule has 0 unspecified atom stereocenters. The maximum absolute atomic E-state index is 12.5. The molecule has 0 bridgehead atoms. The van der Waals surface area contributed by atoms with E-state index in [0.29, 0.717) is 24.0 Å². The van der Waals surface area contributed by atoms with E-state index in [1.807, 2.05) is 37.3 Å². The van der Waals surface area contributed by atoms with E-state index in [1.165, 1.54) is 11.3 Å². The molecule has 1 N–H and O–H groups in total. The summed E-state index contributed by atoms with van der Waals surface area (Å²) < 4.78 is 5.10. The van der Waals surface area contributed by atoms with Crippen LogP contribution >= 0.6 is 23.1 Å². The number of hydrogen-bond acceptors (Lipinski definition) is 7. The summed E-state index contributed by atoms with van der Waals surface area (Å²) in [4.78, 5) is 27.5. The van der Waals surface area contributed by atoms with Crippen LogP contribution in [0.15, 0.2) is 35.2 Å². The van der Waals surface area contributed by atoms with Crippen LogP contribution in [0.5, 0.6) is 0 Å². The predicted molar refractivity (Wildman–Crippen MR) is 106 cm³/mol. The summed E-state index contributed by atoms with van der Waals surface area (Å²) in [5.74, 6) is 0.121. The quantitative estimate of drug-likeness (QED) is 0.679. The molecule has 27 heavy (non-hydrogen) atoms. The number of amides is 2. The summed E-state index contributed by atoms with van der Waals surface area (Å²) >= 11 is 3.03. The molecule has 2 atom stereocenters. The van der Waals surface area contributed by atoms with Crippen molar-refractivity contribution in [3.05, 3.63) is 35.3 Å². The van der Waals surface area contributed by atoms with E-state index < -0.39 is 0 Å². The van der Waals surface area contributed by atoms with Crippen LogP contribution < -0.4 is 5.32 Å². The lowest BCUT2D eigenvalue weighted by Crippen LogP contribution is -2.38. The van der Waals surface area contributed by atoms with Gasteiger partial charge in [0.1, 0.15) is 5.01 Å². The topological polar surface area (TPSA) is 84.4 Å². The molecule has 1 aliphatic heterocycles. The second-order valence-corrected chi connectivity index (χ2v) is 8.45. The Morgan fingerprint density at radius 1 is 1.41 bits per heavy atom. The highest BCUT2D eigenvalue weighted by atomic mass is 32.2. The van der Waals surface area contributed by atoms with Gasteiger partial charge in [0.2, 0.25) is 16.9 Å². The molecule has 0 radical (unpaired) electrons. The van der Waals surface area contributed by atoms with E-state index in [9.17, 15) is 9.59 Å². The minimum Gasteiger partial charge on any atom is -0.383 e. The average molecular weight is 407 g/mol. The van der Waals surface area contributed by atoms with Gasteiger partial charge >= 0.3 is 0 Å². The highest BCUT2D eigenvalue weighted by Crippen LogP contribution is 2.27. The van der Waals surface area contributed by atoms with E-state index in [4.69, 9.17) is 4.74 Å². The van der Waals surface area contributed by atoms with Crippen molar-refractivity contribution in [2.45, 2.75) is 30.0 Å². The third-order valence-electron chi connectivity index (χ3n) is 4.27. The third kappa shape index (κ3) is 5.27. The highest BCUT2D eigenvalue weighted by Gasteiger charge is 2.36. The smallest absolute Gasteiger partial charge is 0.231 e. The van der Waals surface area contributed by atoms with Crippen molar-refractivity contribution in [3.63, 3.8) is 0 Å². The minimum atomic E-state index is -0.372. The standard InChI is InChI=1S/C18H22N4O3S2/c1-12(10-25-2)22-9-13(8-16(22)23)17(24)19-18-21-20-15(27-18)11-26-14-6-4-3-5-7-14/h3-7,12-13H,8-11H2,1-2H3,(H,19,21,24)/t12-,13+/m0/s1. The van der Waals surface area contributed by atoms with Gasteiger partial charge in [-0.2, -0.15) is 0 Å². The zero-order valence-electron chi connectivity index (χ0n) is 15.3. The zero-order valence-corrected chi connectivity index (χ0v) is 16.9. The van der Waals surface area contributed by atoms with Crippen molar-refractivity contribution in [3.8, 4) is 0 Å². The number of hydrogen-bond donors (Lipinski definition) is 1. The van der Waals surface area contributed by atoms with Crippen LogP contribution in [0.2, 0.25) is 0 Å². The Morgan fingerprint density at radius 2 is 2.19 bits per heavy atom. The Hall–Kier alpha value is -1.97. The number of nitrogens with one attached hydrogen (secondary N) is 1. The van der Waals surface area contributed by atoms with Crippen LogP contribution in [0.1, 0.15) is 18.4 Å². The van der Waals surface area contributed by atoms with Gasteiger partial charge < -0.3 is 15.0 Å². The van der Waals surface area contributed by atoms with Gasteiger partial charge in [0.15, 0.2) is 0 Å². The molecular weight excluding hydrogens is 384 g/mol. The fraction of sp³-hybridized carbons (Fsp3) is 0.444. The first-order valence-corrected chi connectivity index (χ1v) is 10.5. The minimum absolute atomic E-state index is 0.0167. The first-order chi connectivity index (χ1) is 13.1. The summed E-state index contributed by atoms with van der Waals surface area (Å²) in [6.45, 7) is 2.78. The van der Waals surface area contributed by atoms with Crippen molar-refractivity contribution < 1.29 is 14.3 Å². The third-order valence-corrected chi connectivity index (χ3v) is 6.32. The first-order valence-electron chi connectivity index (χ1n) is 8.66. The van der Waals surface area contributed by atoms with E-state index in [-0.39, 0.29) is 30.2 Å². The number of ether oxygens (including phenoxy) is 1. The lowest BCUT2D eigenvalue weighted by atomic mass is 10.1. The summed E-state index contributed by atoms with van der Waals surface area (Å²) in [7, 11) is 1.60. The zero-order chi connectivity index (χ0) is 19.2. The number of carbonyl (C=O) groups excluding carboxylic acids is 2. The second-order valence-electron chi connectivity index (χ2n) is 6.34. The number of methoxy groups -OCH3 is 1. The summed E-state index contributed by atoms with van der Waals surface area (Å²) in [6.07, 6.45) is 0.218. The fourth-order valence-electron chi connectivity index (χ4n) is 2.90. The van der Waals surface area contributed by atoms with Crippen molar-refractivity contribution in [2.24, 2.45) is 5.92 Å². The number of carbonyl (C=O) groups is 2. The number of anilines is 1. The summed E-state index contributed by atoms with van der Waals surface area (Å²) in [5.41, 5.74) is 0. The van der Waals surface area contributed by atoms with Crippen molar-refractivity contribution >= 4 is 40.0 Å². The molecule has 7 nitrogen and oxygen atoms in total. The van der Waals surface area contributed by atoms with E-state index in [0.717, 1.165) is 9.90 Å². The van der Waals surface area contributed by atoms with Crippen molar-refractivity contribution in [1.82, 2.24) is 15.1 Å². The van der Waals surface area contributed by atoms with Gasteiger partial charge in [-0.1, -0.05) is 29.5 Å². The van der Waals surface area contributed by atoms with Crippen LogP contribution in [0.25, 0.3) is 0 Å². The molecule has 3 rings (SSSR count). The molecule has 2 amide bonds. The number of aromatic nitrogens is 2. The Kier molecular flexibility index (Phi) is 6.81. The monoisotopic (exact) mass is 406 g/mol. The molecule has 144 valence electrons. The molecular formula is C18H22N4O3S2. The molecule has 2 aromatic rings. The molecule has 0 saturated carbocycles. The molecule has 1 aromatic carbocycles. The Morgan fingerprint density at radius 3 is 2.93 bits per heavy atom. The molecule has 9 heteroatoms. The lowest BCUT2D eigenvalue weighted by Gasteiger charge is -2.23. The van der Waals surface area contributed by atoms with Crippen molar-refractivity contribution in [2.75, 3.05) is 25.6 Å². The van der Waals surface area contributed by atoms with Gasteiger partial charge in [0.25, 0.3) is 0 Å². The van der Waals surface area contributed by atoms with Gasteiger partial charge in [0, 0.05) is 25.0 Å². The van der Waals surface area contributed by atoms with E-state index >= 15 is 0 Å². The predicted octanol–water partition coefficient (Wildman–Crippen LogP) is 2.65. The Bertz CT molecular complexity index is 784.